The van der Waals surface area contributed by atoms with Crippen LogP contribution in [0.1, 0.15) is 33.6 Å². The standard InChI is InChI=1S/C12H20N2O4/c1-6(2)9(13-7(3)15)11(16)14-10(12(17)18)8-4-5-8/h6,8-10H,4-5H2,1-3H3,(H,13,15)(H,14,16)(H,17,18). The first-order valence-corrected chi connectivity index (χ1v) is 6.13. The number of carboxylic acids is 1. The second-order valence-electron chi connectivity index (χ2n) is 5.08. The number of hydrogen-bond acceptors (Lipinski definition) is 3. The highest BCUT2D eigenvalue weighted by molar-refractivity contribution is 5.90. The minimum atomic E-state index is -1.02. The van der Waals surface area contributed by atoms with E-state index in [0.717, 1.165) is 12.8 Å². The molecule has 0 aromatic heterocycles. The Morgan fingerprint density at radius 2 is 1.72 bits per heavy atom. The van der Waals surface area contributed by atoms with Gasteiger partial charge in [-0.1, -0.05) is 13.8 Å². The smallest absolute Gasteiger partial charge is 0.326 e. The van der Waals surface area contributed by atoms with E-state index >= 15 is 0 Å². The minimum Gasteiger partial charge on any atom is -0.480 e. The maximum absolute atomic E-state index is 12.0. The molecule has 0 aromatic rings. The molecule has 1 aliphatic rings. The van der Waals surface area contributed by atoms with Crippen LogP contribution >= 0.6 is 0 Å². The van der Waals surface area contributed by atoms with Crippen LogP contribution in [0.2, 0.25) is 0 Å². The Kier molecular flexibility index (Phi) is 4.69. The second-order valence-corrected chi connectivity index (χ2v) is 5.08. The van der Waals surface area contributed by atoms with E-state index in [1.165, 1.54) is 6.92 Å². The van der Waals surface area contributed by atoms with Crippen molar-refractivity contribution in [1.29, 1.82) is 0 Å². The Morgan fingerprint density at radius 1 is 1.17 bits per heavy atom. The molecule has 0 spiro atoms. The molecule has 2 unspecified atom stereocenters. The molecular formula is C12H20N2O4. The lowest BCUT2D eigenvalue weighted by Crippen LogP contribution is -2.53. The maximum Gasteiger partial charge on any atom is 0.326 e. The van der Waals surface area contributed by atoms with Gasteiger partial charge < -0.3 is 15.7 Å². The number of carboxylic acid groups (broad SMARTS) is 1. The average Bonchev–Trinajstić information content (AvgIpc) is 3.04. The third-order valence-electron chi connectivity index (χ3n) is 2.97. The Balaban J connectivity index is 2.64. The third-order valence-corrected chi connectivity index (χ3v) is 2.97. The number of amides is 2. The first-order valence-electron chi connectivity index (χ1n) is 6.13. The van der Waals surface area contributed by atoms with Crippen LogP contribution in [0.25, 0.3) is 0 Å². The summed E-state index contributed by atoms with van der Waals surface area (Å²) in [6, 6.07) is -1.53. The van der Waals surface area contributed by atoms with Gasteiger partial charge >= 0.3 is 5.97 Å². The van der Waals surface area contributed by atoms with Gasteiger partial charge in [-0.15, -0.1) is 0 Å². The molecule has 18 heavy (non-hydrogen) atoms. The molecule has 2 atom stereocenters. The summed E-state index contributed by atoms with van der Waals surface area (Å²) in [5.74, 6) is -1.82. The van der Waals surface area contributed by atoms with Crippen molar-refractivity contribution in [2.45, 2.75) is 45.7 Å². The molecule has 1 fully saturated rings. The van der Waals surface area contributed by atoms with Gasteiger partial charge in [0.2, 0.25) is 11.8 Å². The number of nitrogens with one attached hydrogen (secondary N) is 2. The molecule has 1 saturated carbocycles. The van der Waals surface area contributed by atoms with Gasteiger partial charge in [0.25, 0.3) is 0 Å². The largest absolute Gasteiger partial charge is 0.480 e. The summed E-state index contributed by atoms with van der Waals surface area (Å²) < 4.78 is 0. The van der Waals surface area contributed by atoms with E-state index in [1.54, 1.807) is 13.8 Å². The van der Waals surface area contributed by atoms with Crippen molar-refractivity contribution in [3.8, 4) is 0 Å². The predicted molar refractivity (Wildman–Crippen MR) is 64.7 cm³/mol. The SMILES string of the molecule is CC(=O)NC(C(=O)NC(C(=O)O)C1CC1)C(C)C. The second kappa shape index (κ2) is 5.84. The fraction of sp³-hybridized carbons (Fsp3) is 0.750. The Morgan fingerprint density at radius 3 is 2.06 bits per heavy atom. The Labute approximate surface area is 106 Å². The zero-order valence-corrected chi connectivity index (χ0v) is 10.9. The van der Waals surface area contributed by atoms with Crippen molar-refractivity contribution in [3.63, 3.8) is 0 Å². The summed E-state index contributed by atoms with van der Waals surface area (Å²) in [6.45, 7) is 4.93. The molecule has 6 heteroatoms. The molecule has 6 nitrogen and oxygen atoms in total. The lowest BCUT2D eigenvalue weighted by atomic mass is 10.0. The lowest BCUT2D eigenvalue weighted by Gasteiger charge is -2.23. The number of aliphatic carboxylic acids is 1. The summed E-state index contributed by atoms with van der Waals surface area (Å²) in [5, 5.41) is 14.1. The molecule has 0 bridgehead atoms. The van der Waals surface area contributed by atoms with Crippen molar-refractivity contribution in [3.05, 3.63) is 0 Å². The highest BCUT2D eigenvalue weighted by Crippen LogP contribution is 2.32. The summed E-state index contributed by atoms with van der Waals surface area (Å²) in [7, 11) is 0. The summed E-state index contributed by atoms with van der Waals surface area (Å²) in [6.07, 6.45) is 1.65. The summed E-state index contributed by atoms with van der Waals surface area (Å²) in [4.78, 5) is 34.0. The Bertz CT molecular complexity index is 350. The van der Waals surface area contributed by atoms with Gasteiger partial charge in [-0.2, -0.15) is 0 Å². The van der Waals surface area contributed by atoms with Crippen molar-refractivity contribution in [2.75, 3.05) is 0 Å². The molecular weight excluding hydrogens is 236 g/mol. The van der Waals surface area contributed by atoms with Crippen LogP contribution in [0.15, 0.2) is 0 Å². The number of carbonyl (C=O) groups is 3. The van der Waals surface area contributed by atoms with E-state index in [4.69, 9.17) is 5.11 Å². The first kappa shape index (κ1) is 14.5. The molecule has 3 N–H and O–H groups in total. The van der Waals surface area contributed by atoms with Crippen LogP contribution in [-0.2, 0) is 14.4 Å². The quantitative estimate of drug-likeness (QED) is 0.629. The van der Waals surface area contributed by atoms with E-state index in [-0.39, 0.29) is 17.7 Å². The van der Waals surface area contributed by atoms with Crippen molar-refractivity contribution in [2.24, 2.45) is 11.8 Å². The van der Waals surface area contributed by atoms with Crippen LogP contribution in [0.5, 0.6) is 0 Å². The number of carbonyl (C=O) groups excluding carboxylic acids is 2. The molecule has 1 aliphatic carbocycles. The van der Waals surface area contributed by atoms with Gasteiger partial charge in [-0.3, -0.25) is 9.59 Å². The fourth-order valence-corrected chi connectivity index (χ4v) is 1.81. The van der Waals surface area contributed by atoms with Crippen LogP contribution in [0.4, 0.5) is 0 Å². The molecule has 102 valence electrons. The van der Waals surface area contributed by atoms with Gasteiger partial charge in [0, 0.05) is 6.92 Å². The highest BCUT2D eigenvalue weighted by Gasteiger charge is 2.38. The number of hydrogen-bond donors (Lipinski definition) is 3. The monoisotopic (exact) mass is 256 g/mol. The van der Waals surface area contributed by atoms with Crippen LogP contribution in [0.3, 0.4) is 0 Å². The van der Waals surface area contributed by atoms with E-state index in [1.807, 2.05) is 0 Å². The van der Waals surface area contributed by atoms with E-state index in [2.05, 4.69) is 10.6 Å². The molecule has 0 aliphatic heterocycles. The summed E-state index contributed by atoms with van der Waals surface area (Å²) >= 11 is 0. The van der Waals surface area contributed by atoms with Gasteiger partial charge in [0.15, 0.2) is 0 Å². The maximum atomic E-state index is 12.0. The summed E-state index contributed by atoms with van der Waals surface area (Å²) in [5.41, 5.74) is 0. The molecule has 1 rings (SSSR count). The zero-order valence-electron chi connectivity index (χ0n) is 10.9. The van der Waals surface area contributed by atoms with Crippen LogP contribution in [0, 0.1) is 11.8 Å². The van der Waals surface area contributed by atoms with E-state index in [0.29, 0.717) is 0 Å². The van der Waals surface area contributed by atoms with E-state index < -0.39 is 24.0 Å². The van der Waals surface area contributed by atoms with Crippen LogP contribution in [-0.4, -0.2) is 35.0 Å². The van der Waals surface area contributed by atoms with Crippen molar-refractivity contribution < 1.29 is 19.5 Å². The average molecular weight is 256 g/mol. The molecule has 0 heterocycles. The van der Waals surface area contributed by atoms with E-state index in [9.17, 15) is 14.4 Å². The number of rotatable bonds is 6. The zero-order chi connectivity index (χ0) is 13.9. The van der Waals surface area contributed by atoms with Crippen molar-refractivity contribution >= 4 is 17.8 Å². The van der Waals surface area contributed by atoms with Gasteiger partial charge in [0.1, 0.15) is 12.1 Å². The Hall–Kier alpha value is -1.59. The topological polar surface area (TPSA) is 95.5 Å². The van der Waals surface area contributed by atoms with Crippen molar-refractivity contribution in [1.82, 2.24) is 10.6 Å². The molecule has 0 aromatic carbocycles. The van der Waals surface area contributed by atoms with Gasteiger partial charge in [0.05, 0.1) is 0 Å². The lowest BCUT2D eigenvalue weighted by molar-refractivity contribution is -0.143. The molecule has 2 amide bonds. The molecule has 0 radical (unpaired) electrons. The van der Waals surface area contributed by atoms with Crippen LogP contribution < -0.4 is 10.6 Å². The van der Waals surface area contributed by atoms with Gasteiger partial charge in [-0.05, 0) is 24.7 Å². The molecule has 0 saturated heterocycles. The normalized spacial score (nSPS) is 18.0. The first-order chi connectivity index (χ1) is 8.32. The fourth-order valence-electron chi connectivity index (χ4n) is 1.81. The third kappa shape index (κ3) is 4.01. The van der Waals surface area contributed by atoms with Gasteiger partial charge in [-0.25, -0.2) is 4.79 Å². The highest BCUT2D eigenvalue weighted by atomic mass is 16.4. The predicted octanol–water partition coefficient (Wildman–Crippen LogP) is 0.126. The minimum absolute atomic E-state index is 0.0246.